The van der Waals surface area contributed by atoms with Gasteiger partial charge in [-0.15, -0.1) is 0 Å². The van der Waals surface area contributed by atoms with Gasteiger partial charge in [0.2, 0.25) is 10.0 Å². The number of aryl methyl sites for hydroxylation is 1. The van der Waals surface area contributed by atoms with Crippen LogP contribution in [0.25, 0.3) is 0 Å². The van der Waals surface area contributed by atoms with Gasteiger partial charge in [0.05, 0.1) is 11.5 Å². The SMILES string of the molecule is CCOCC(C)NS(=O)(=O)c1ccc(C)c(CNC)c1. The van der Waals surface area contributed by atoms with E-state index in [2.05, 4.69) is 10.0 Å². The summed E-state index contributed by atoms with van der Waals surface area (Å²) in [5.74, 6) is 0. The molecule has 0 aliphatic heterocycles. The molecule has 1 aromatic rings. The Morgan fingerprint density at radius 2 is 2.05 bits per heavy atom. The Morgan fingerprint density at radius 1 is 1.35 bits per heavy atom. The summed E-state index contributed by atoms with van der Waals surface area (Å²) in [6.45, 7) is 7.22. The molecule has 0 aliphatic rings. The Hall–Kier alpha value is -0.950. The third-order valence-electron chi connectivity index (χ3n) is 2.93. The van der Waals surface area contributed by atoms with Crippen LogP contribution in [0.2, 0.25) is 0 Å². The summed E-state index contributed by atoms with van der Waals surface area (Å²) in [5, 5.41) is 3.04. The highest BCUT2D eigenvalue weighted by Gasteiger charge is 2.18. The Balaban J connectivity index is 2.89. The Kier molecular flexibility index (Phi) is 6.61. The molecule has 5 nitrogen and oxygen atoms in total. The fourth-order valence-electron chi connectivity index (χ4n) is 1.86. The summed E-state index contributed by atoms with van der Waals surface area (Å²) >= 11 is 0. The quantitative estimate of drug-likeness (QED) is 0.762. The van der Waals surface area contributed by atoms with Crippen LogP contribution in [0, 0.1) is 6.92 Å². The van der Waals surface area contributed by atoms with E-state index in [1.54, 1.807) is 19.1 Å². The molecule has 1 atom stereocenters. The summed E-state index contributed by atoms with van der Waals surface area (Å²) in [6, 6.07) is 4.91. The lowest BCUT2D eigenvalue weighted by molar-refractivity contribution is 0.133. The number of rotatable bonds is 8. The van der Waals surface area contributed by atoms with E-state index in [1.807, 2.05) is 27.0 Å². The first kappa shape index (κ1) is 17.1. The molecule has 20 heavy (non-hydrogen) atoms. The zero-order chi connectivity index (χ0) is 15.2. The van der Waals surface area contributed by atoms with Crippen molar-refractivity contribution >= 4 is 10.0 Å². The van der Waals surface area contributed by atoms with Crippen LogP contribution in [-0.2, 0) is 21.3 Å². The fourth-order valence-corrected chi connectivity index (χ4v) is 3.14. The van der Waals surface area contributed by atoms with E-state index >= 15 is 0 Å². The van der Waals surface area contributed by atoms with Gasteiger partial charge in [0.1, 0.15) is 0 Å². The molecule has 2 N–H and O–H groups in total. The lowest BCUT2D eigenvalue weighted by atomic mass is 10.1. The Labute approximate surface area is 121 Å². The molecular formula is C14H24N2O3S. The van der Waals surface area contributed by atoms with Gasteiger partial charge < -0.3 is 10.1 Å². The monoisotopic (exact) mass is 300 g/mol. The molecule has 114 valence electrons. The largest absolute Gasteiger partial charge is 0.380 e. The van der Waals surface area contributed by atoms with Gasteiger partial charge in [-0.25, -0.2) is 13.1 Å². The molecular weight excluding hydrogens is 276 g/mol. The predicted octanol–water partition coefficient (Wildman–Crippen LogP) is 1.42. The number of nitrogens with one attached hydrogen (secondary N) is 2. The summed E-state index contributed by atoms with van der Waals surface area (Å²) in [6.07, 6.45) is 0. The maximum absolute atomic E-state index is 12.3. The predicted molar refractivity (Wildman–Crippen MR) is 80.2 cm³/mol. The first-order valence-corrected chi connectivity index (χ1v) is 8.23. The van der Waals surface area contributed by atoms with Crippen LogP contribution in [0.1, 0.15) is 25.0 Å². The molecule has 1 unspecified atom stereocenters. The van der Waals surface area contributed by atoms with Crippen molar-refractivity contribution < 1.29 is 13.2 Å². The van der Waals surface area contributed by atoms with Gasteiger partial charge >= 0.3 is 0 Å². The second kappa shape index (κ2) is 7.73. The summed E-state index contributed by atoms with van der Waals surface area (Å²) < 4.78 is 32.4. The van der Waals surface area contributed by atoms with Gasteiger partial charge in [0.15, 0.2) is 0 Å². The highest BCUT2D eigenvalue weighted by Crippen LogP contribution is 2.16. The zero-order valence-electron chi connectivity index (χ0n) is 12.6. The third kappa shape index (κ3) is 4.86. The van der Waals surface area contributed by atoms with Crippen molar-refractivity contribution in [1.29, 1.82) is 0 Å². The van der Waals surface area contributed by atoms with Gasteiger partial charge in [-0.3, -0.25) is 0 Å². The van der Waals surface area contributed by atoms with Crippen LogP contribution in [0.5, 0.6) is 0 Å². The first-order valence-electron chi connectivity index (χ1n) is 6.75. The number of sulfonamides is 1. The average Bonchev–Trinajstić information content (AvgIpc) is 2.38. The molecule has 0 spiro atoms. The highest BCUT2D eigenvalue weighted by atomic mass is 32.2. The molecule has 6 heteroatoms. The van der Waals surface area contributed by atoms with E-state index in [0.29, 0.717) is 19.8 Å². The Morgan fingerprint density at radius 3 is 2.65 bits per heavy atom. The van der Waals surface area contributed by atoms with E-state index in [4.69, 9.17) is 4.74 Å². The maximum Gasteiger partial charge on any atom is 0.240 e. The van der Waals surface area contributed by atoms with Crippen molar-refractivity contribution in [1.82, 2.24) is 10.0 Å². The van der Waals surface area contributed by atoms with E-state index in [1.165, 1.54) is 0 Å². The van der Waals surface area contributed by atoms with Crippen LogP contribution in [-0.4, -0.2) is 34.7 Å². The number of hydrogen-bond acceptors (Lipinski definition) is 4. The topological polar surface area (TPSA) is 67.4 Å². The minimum absolute atomic E-state index is 0.256. The van der Waals surface area contributed by atoms with Crippen molar-refractivity contribution in [3.05, 3.63) is 29.3 Å². The standard InChI is InChI=1S/C14H24N2O3S/c1-5-19-10-12(3)16-20(17,18)14-7-6-11(2)13(8-14)9-15-4/h6-8,12,15-16H,5,9-10H2,1-4H3. The molecule has 1 aromatic carbocycles. The zero-order valence-corrected chi connectivity index (χ0v) is 13.4. The minimum Gasteiger partial charge on any atom is -0.380 e. The number of benzene rings is 1. The van der Waals surface area contributed by atoms with Crippen LogP contribution in [0.15, 0.2) is 23.1 Å². The van der Waals surface area contributed by atoms with Gasteiger partial charge in [-0.05, 0) is 51.1 Å². The number of hydrogen-bond donors (Lipinski definition) is 2. The molecule has 0 aliphatic carbocycles. The molecule has 0 heterocycles. The normalized spacial score (nSPS) is 13.4. The van der Waals surface area contributed by atoms with Crippen LogP contribution in [0.3, 0.4) is 0 Å². The lowest BCUT2D eigenvalue weighted by Gasteiger charge is -2.15. The van der Waals surface area contributed by atoms with Gasteiger partial charge in [0.25, 0.3) is 0 Å². The van der Waals surface area contributed by atoms with Crippen molar-refractivity contribution in [2.45, 2.75) is 38.3 Å². The second-order valence-electron chi connectivity index (χ2n) is 4.80. The van der Waals surface area contributed by atoms with Gasteiger partial charge in [-0.2, -0.15) is 0 Å². The highest BCUT2D eigenvalue weighted by molar-refractivity contribution is 7.89. The van der Waals surface area contributed by atoms with Crippen LogP contribution < -0.4 is 10.0 Å². The van der Waals surface area contributed by atoms with Gasteiger partial charge in [-0.1, -0.05) is 6.07 Å². The minimum atomic E-state index is -3.51. The van der Waals surface area contributed by atoms with E-state index < -0.39 is 10.0 Å². The van der Waals surface area contributed by atoms with Crippen molar-refractivity contribution in [3.63, 3.8) is 0 Å². The lowest BCUT2D eigenvalue weighted by Crippen LogP contribution is -2.36. The average molecular weight is 300 g/mol. The second-order valence-corrected chi connectivity index (χ2v) is 6.51. The van der Waals surface area contributed by atoms with Crippen LogP contribution >= 0.6 is 0 Å². The molecule has 0 bridgehead atoms. The van der Waals surface area contributed by atoms with E-state index in [9.17, 15) is 8.42 Å². The molecule has 1 rings (SSSR count). The summed E-state index contributed by atoms with van der Waals surface area (Å²) in [7, 11) is -1.67. The molecule has 0 saturated heterocycles. The third-order valence-corrected chi connectivity index (χ3v) is 4.51. The van der Waals surface area contributed by atoms with E-state index in [-0.39, 0.29) is 10.9 Å². The van der Waals surface area contributed by atoms with Gasteiger partial charge in [0, 0.05) is 19.2 Å². The fraction of sp³-hybridized carbons (Fsp3) is 0.571. The molecule has 0 aromatic heterocycles. The first-order chi connectivity index (χ1) is 9.40. The van der Waals surface area contributed by atoms with E-state index in [0.717, 1.165) is 11.1 Å². The molecule has 0 radical (unpaired) electrons. The number of ether oxygens (including phenoxy) is 1. The smallest absolute Gasteiger partial charge is 0.240 e. The summed E-state index contributed by atoms with van der Waals surface area (Å²) in [4.78, 5) is 0.289. The molecule has 0 fully saturated rings. The maximum atomic E-state index is 12.3. The van der Waals surface area contributed by atoms with Crippen molar-refractivity contribution in [2.75, 3.05) is 20.3 Å². The molecule has 0 amide bonds. The van der Waals surface area contributed by atoms with Crippen molar-refractivity contribution in [3.8, 4) is 0 Å². The van der Waals surface area contributed by atoms with Crippen molar-refractivity contribution in [2.24, 2.45) is 0 Å². The molecule has 0 saturated carbocycles. The Bertz CT molecular complexity index is 529. The summed E-state index contributed by atoms with van der Waals surface area (Å²) in [5.41, 5.74) is 2.05. The van der Waals surface area contributed by atoms with Crippen LogP contribution in [0.4, 0.5) is 0 Å².